The topological polar surface area (TPSA) is 93.2 Å². The molecule has 1 heterocycles. The quantitative estimate of drug-likeness (QED) is 0.658. The Balaban J connectivity index is 2.17. The Morgan fingerprint density at radius 3 is 2.36 bits per heavy atom. The van der Waals surface area contributed by atoms with Crippen molar-refractivity contribution in [2.24, 2.45) is 0 Å². The SMILES string of the molecule is CC1CN(C(=O)C(C)OC(=O)c2cc(S(=O)(=O)N(C)C)ccc2Cl)CC(C)O1. The van der Waals surface area contributed by atoms with E-state index in [9.17, 15) is 18.0 Å². The minimum absolute atomic E-state index is 0.0379. The van der Waals surface area contributed by atoms with E-state index in [2.05, 4.69) is 0 Å². The fraction of sp³-hybridized carbons (Fsp3) is 0.556. The molecule has 2 rings (SSSR count). The Kier molecular flexibility index (Phi) is 7.08. The number of ether oxygens (including phenoxy) is 2. The van der Waals surface area contributed by atoms with E-state index in [4.69, 9.17) is 21.1 Å². The highest BCUT2D eigenvalue weighted by atomic mass is 35.5. The second kappa shape index (κ2) is 8.77. The van der Waals surface area contributed by atoms with Gasteiger partial charge in [-0.25, -0.2) is 17.5 Å². The molecule has 0 aromatic heterocycles. The molecule has 1 aliphatic rings. The highest BCUT2D eigenvalue weighted by Gasteiger charge is 2.31. The molecular weight excluding hydrogens is 408 g/mol. The van der Waals surface area contributed by atoms with Gasteiger partial charge in [-0.3, -0.25) is 4.79 Å². The Morgan fingerprint density at radius 1 is 1.25 bits per heavy atom. The Labute approximate surface area is 170 Å². The van der Waals surface area contributed by atoms with Gasteiger partial charge in [0.05, 0.1) is 27.7 Å². The third-order valence-electron chi connectivity index (χ3n) is 4.30. The van der Waals surface area contributed by atoms with Crippen LogP contribution in [0.3, 0.4) is 0 Å². The van der Waals surface area contributed by atoms with Crippen molar-refractivity contribution in [2.75, 3.05) is 27.2 Å². The van der Waals surface area contributed by atoms with Crippen LogP contribution in [0.15, 0.2) is 23.1 Å². The van der Waals surface area contributed by atoms with Crippen LogP contribution in [-0.2, 0) is 24.3 Å². The maximum absolute atomic E-state index is 12.6. The largest absolute Gasteiger partial charge is 0.449 e. The lowest BCUT2D eigenvalue weighted by Gasteiger charge is -2.36. The second-order valence-corrected chi connectivity index (χ2v) is 9.54. The normalized spacial score (nSPS) is 21.5. The summed E-state index contributed by atoms with van der Waals surface area (Å²) in [5.41, 5.74) is -0.118. The fourth-order valence-corrected chi connectivity index (χ4v) is 4.04. The maximum atomic E-state index is 12.6. The molecular formula is C18H25ClN2O6S. The summed E-state index contributed by atoms with van der Waals surface area (Å²) in [7, 11) is -0.982. The van der Waals surface area contributed by atoms with Gasteiger partial charge in [-0.15, -0.1) is 0 Å². The van der Waals surface area contributed by atoms with Crippen molar-refractivity contribution in [3.63, 3.8) is 0 Å². The first-order valence-corrected chi connectivity index (χ1v) is 10.6. The molecule has 1 amide bonds. The minimum Gasteiger partial charge on any atom is -0.449 e. The predicted molar refractivity (Wildman–Crippen MR) is 104 cm³/mol. The summed E-state index contributed by atoms with van der Waals surface area (Å²) in [5.74, 6) is -1.21. The van der Waals surface area contributed by atoms with Crippen LogP contribution >= 0.6 is 11.6 Å². The van der Waals surface area contributed by atoms with E-state index in [-0.39, 0.29) is 33.6 Å². The Hall–Kier alpha value is -1.68. The molecule has 1 saturated heterocycles. The number of sulfonamides is 1. The molecule has 3 atom stereocenters. The van der Waals surface area contributed by atoms with Crippen LogP contribution in [-0.4, -0.2) is 75.0 Å². The minimum atomic E-state index is -3.75. The summed E-state index contributed by atoms with van der Waals surface area (Å²) in [6.45, 7) is 6.01. The second-order valence-electron chi connectivity index (χ2n) is 6.98. The van der Waals surface area contributed by atoms with Crippen molar-refractivity contribution in [2.45, 2.75) is 44.0 Å². The maximum Gasteiger partial charge on any atom is 0.340 e. The number of nitrogens with zero attached hydrogens (tertiary/aromatic N) is 2. The average molecular weight is 433 g/mol. The first-order chi connectivity index (χ1) is 12.9. The number of halogens is 1. The van der Waals surface area contributed by atoms with Gasteiger partial charge in [-0.05, 0) is 39.0 Å². The van der Waals surface area contributed by atoms with Crippen molar-refractivity contribution in [3.05, 3.63) is 28.8 Å². The summed E-state index contributed by atoms with van der Waals surface area (Å²) in [6.07, 6.45) is -1.27. The van der Waals surface area contributed by atoms with Crippen molar-refractivity contribution in [1.82, 2.24) is 9.21 Å². The van der Waals surface area contributed by atoms with E-state index in [1.54, 1.807) is 4.90 Å². The van der Waals surface area contributed by atoms with E-state index in [1.165, 1.54) is 33.2 Å². The third-order valence-corrected chi connectivity index (χ3v) is 6.44. The molecule has 0 saturated carbocycles. The number of esters is 1. The van der Waals surface area contributed by atoms with E-state index in [0.29, 0.717) is 13.1 Å². The van der Waals surface area contributed by atoms with Gasteiger partial charge < -0.3 is 14.4 Å². The average Bonchev–Trinajstić information content (AvgIpc) is 2.60. The van der Waals surface area contributed by atoms with Crippen molar-refractivity contribution in [3.8, 4) is 0 Å². The number of carbonyl (C=O) groups excluding carboxylic acids is 2. The number of carbonyl (C=O) groups is 2. The molecule has 10 heteroatoms. The molecule has 1 aromatic carbocycles. The van der Waals surface area contributed by atoms with Crippen LogP contribution < -0.4 is 0 Å². The summed E-state index contributed by atoms with van der Waals surface area (Å²) in [6, 6.07) is 3.77. The Bertz CT molecular complexity index is 848. The zero-order chi connectivity index (χ0) is 21.2. The van der Waals surface area contributed by atoms with E-state index >= 15 is 0 Å². The molecule has 28 heavy (non-hydrogen) atoms. The monoisotopic (exact) mass is 432 g/mol. The molecule has 0 N–H and O–H groups in total. The molecule has 0 spiro atoms. The molecule has 1 fully saturated rings. The first kappa shape index (κ1) is 22.6. The van der Waals surface area contributed by atoms with Crippen molar-refractivity contribution in [1.29, 1.82) is 0 Å². The van der Waals surface area contributed by atoms with Gasteiger partial charge in [0.2, 0.25) is 10.0 Å². The first-order valence-electron chi connectivity index (χ1n) is 8.80. The van der Waals surface area contributed by atoms with Gasteiger partial charge in [0.1, 0.15) is 0 Å². The molecule has 156 valence electrons. The number of amides is 1. The van der Waals surface area contributed by atoms with E-state index in [0.717, 1.165) is 10.4 Å². The van der Waals surface area contributed by atoms with Crippen LogP contribution in [0, 0.1) is 0 Å². The van der Waals surface area contributed by atoms with Crippen molar-refractivity contribution >= 4 is 33.5 Å². The molecule has 0 radical (unpaired) electrons. The third kappa shape index (κ3) is 5.02. The number of hydrogen-bond acceptors (Lipinski definition) is 6. The highest BCUT2D eigenvalue weighted by molar-refractivity contribution is 7.89. The standard InChI is InChI=1S/C18H25ClN2O6S/c1-11-9-21(10-12(2)26-11)17(22)13(3)27-18(23)15-8-14(6-7-16(15)19)28(24,25)20(4)5/h6-8,11-13H,9-10H2,1-5H3. The smallest absolute Gasteiger partial charge is 0.340 e. The zero-order valence-corrected chi connectivity index (χ0v) is 18.1. The fourth-order valence-electron chi connectivity index (χ4n) is 2.92. The number of hydrogen-bond donors (Lipinski definition) is 0. The van der Waals surface area contributed by atoms with Crippen molar-refractivity contribution < 1.29 is 27.5 Å². The lowest BCUT2D eigenvalue weighted by atomic mass is 10.2. The van der Waals surface area contributed by atoms with Gasteiger partial charge >= 0.3 is 5.97 Å². The summed E-state index contributed by atoms with van der Waals surface area (Å²) >= 11 is 6.05. The zero-order valence-electron chi connectivity index (χ0n) is 16.5. The lowest BCUT2D eigenvalue weighted by molar-refractivity contribution is -0.151. The van der Waals surface area contributed by atoms with Gasteiger partial charge in [0, 0.05) is 27.2 Å². The molecule has 8 nitrogen and oxygen atoms in total. The summed E-state index contributed by atoms with van der Waals surface area (Å²) in [4.78, 5) is 26.6. The number of rotatable bonds is 5. The lowest BCUT2D eigenvalue weighted by Crippen LogP contribution is -2.51. The molecule has 0 bridgehead atoms. The predicted octanol–water partition coefficient (Wildman–Crippen LogP) is 1.77. The van der Waals surface area contributed by atoms with Crippen LogP contribution in [0.25, 0.3) is 0 Å². The van der Waals surface area contributed by atoms with E-state index < -0.39 is 22.1 Å². The number of benzene rings is 1. The molecule has 3 unspecified atom stereocenters. The van der Waals surface area contributed by atoms with Crippen LogP contribution in [0.1, 0.15) is 31.1 Å². The van der Waals surface area contributed by atoms with Gasteiger partial charge in [-0.2, -0.15) is 0 Å². The van der Waals surface area contributed by atoms with Gasteiger partial charge in [0.15, 0.2) is 6.10 Å². The summed E-state index contributed by atoms with van der Waals surface area (Å²) < 4.78 is 36.4. The Morgan fingerprint density at radius 2 is 1.82 bits per heavy atom. The van der Waals surface area contributed by atoms with Crippen LogP contribution in [0.5, 0.6) is 0 Å². The van der Waals surface area contributed by atoms with Crippen LogP contribution in [0.2, 0.25) is 5.02 Å². The summed E-state index contributed by atoms with van der Waals surface area (Å²) in [5, 5.41) is 0.0379. The number of morpholine rings is 1. The van der Waals surface area contributed by atoms with E-state index in [1.807, 2.05) is 13.8 Å². The highest BCUT2D eigenvalue weighted by Crippen LogP contribution is 2.23. The molecule has 1 aliphatic heterocycles. The van der Waals surface area contributed by atoms with Gasteiger partial charge in [-0.1, -0.05) is 11.6 Å². The molecule has 0 aliphatic carbocycles. The van der Waals surface area contributed by atoms with Crippen LogP contribution in [0.4, 0.5) is 0 Å². The van der Waals surface area contributed by atoms with Gasteiger partial charge in [0.25, 0.3) is 5.91 Å². The molecule has 1 aromatic rings.